The largest absolute Gasteiger partial charge is 0.307 e. The van der Waals surface area contributed by atoms with Crippen molar-refractivity contribution in [3.63, 3.8) is 0 Å². The number of hydrogen-bond donors (Lipinski definition) is 1. The average molecular weight is 287 g/mol. The van der Waals surface area contributed by atoms with Gasteiger partial charge >= 0.3 is 0 Å². The maximum absolute atomic E-state index is 3.83. The van der Waals surface area contributed by atoms with E-state index in [-0.39, 0.29) is 0 Å². The number of nitrogens with one attached hydrogen (secondary N) is 1. The Balaban J connectivity index is 1.88. The predicted octanol–water partition coefficient (Wildman–Crippen LogP) is 5.50. The molecular formula is C20H33N. The van der Waals surface area contributed by atoms with Crippen molar-refractivity contribution >= 4 is 0 Å². The summed E-state index contributed by atoms with van der Waals surface area (Å²) in [5.74, 6) is 1.61. The van der Waals surface area contributed by atoms with Crippen molar-refractivity contribution < 1.29 is 0 Å². The van der Waals surface area contributed by atoms with E-state index >= 15 is 0 Å². The normalized spacial score (nSPS) is 19.7. The van der Waals surface area contributed by atoms with Gasteiger partial charge in [0.05, 0.1) is 0 Å². The summed E-state index contributed by atoms with van der Waals surface area (Å²) in [6.45, 7) is 9.24. The van der Waals surface area contributed by atoms with E-state index in [1.54, 1.807) is 0 Å². The zero-order valence-electron chi connectivity index (χ0n) is 14.4. The Morgan fingerprint density at radius 1 is 0.952 bits per heavy atom. The van der Waals surface area contributed by atoms with E-state index in [9.17, 15) is 0 Å². The minimum atomic E-state index is 0.454. The SMILES string of the molecule is CC(C)Cc1ccc(C(C)N[C@@H](C)C2CCCCC2)cc1. The summed E-state index contributed by atoms with van der Waals surface area (Å²) in [7, 11) is 0. The molecule has 21 heavy (non-hydrogen) atoms. The molecule has 0 heterocycles. The van der Waals surface area contributed by atoms with E-state index in [4.69, 9.17) is 0 Å². The third-order valence-electron chi connectivity index (χ3n) is 4.99. The Kier molecular flexibility index (Phi) is 6.29. The molecule has 2 rings (SSSR count). The van der Waals surface area contributed by atoms with Crippen LogP contribution in [0.15, 0.2) is 24.3 Å². The molecule has 1 aliphatic carbocycles. The van der Waals surface area contributed by atoms with Crippen LogP contribution in [-0.2, 0) is 6.42 Å². The van der Waals surface area contributed by atoms with Gasteiger partial charge in [-0.05, 0) is 56.1 Å². The second-order valence-electron chi connectivity index (χ2n) is 7.41. The lowest BCUT2D eigenvalue weighted by molar-refractivity contribution is 0.268. The van der Waals surface area contributed by atoms with Gasteiger partial charge in [-0.2, -0.15) is 0 Å². The van der Waals surface area contributed by atoms with Crippen LogP contribution in [0.5, 0.6) is 0 Å². The van der Waals surface area contributed by atoms with Crippen LogP contribution in [0, 0.1) is 11.8 Å². The monoisotopic (exact) mass is 287 g/mol. The minimum absolute atomic E-state index is 0.454. The molecule has 1 fully saturated rings. The highest BCUT2D eigenvalue weighted by molar-refractivity contribution is 5.25. The van der Waals surface area contributed by atoms with Gasteiger partial charge in [-0.15, -0.1) is 0 Å². The van der Waals surface area contributed by atoms with E-state index in [2.05, 4.69) is 57.3 Å². The van der Waals surface area contributed by atoms with Crippen molar-refractivity contribution in [3.05, 3.63) is 35.4 Å². The fraction of sp³-hybridized carbons (Fsp3) is 0.700. The fourth-order valence-electron chi connectivity index (χ4n) is 3.67. The van der Waals surface area contributed by atoms with Crippen molar-refractivity contribution in [2.75, 3.05) is 0 Å². The second kappa shape index (κ2) is 7.98. The molecular weight excluding hydrogens is 254 g/mol. The molecule has 1 heteroatoms. The summed E-state index contributed by atoms with van der Waals surface area (Å²) in [5.41, 5.74) is 2.88. The average Bonchev–Trinajstić information content (AvgIpc) is 2.48. The lowest BCUT2D eigenvalue weighted by atomic mass is 9.84. The van der Waals surface area contributed by atoms with Crippen molar-refractivity contribution in [3.8, 4) is 0 Å². The fourth-order valence-corrected chi connectivity index (χ4v) is 3.67. The Morgan fingerprint density at radius 2 is 1.57 bits per heavy atom. The van der Waals surface area contributed by atoms with Crippen LogP contribution in [0.3, 0.4) is 0 Å². The van der Waals surface area contributed by atoms with Crippen LogP contribution >= 0.6 is 0 Å². The van der Waals surface area contributed by atoms with Crippen molar-refractivity contribution in [1.29, 1.82) is 0 Å². The van der Waals surface area contributed by atoms with Gasteiger partial charge in [-0.1, -0.05) is 57.4 Å². The molecule has 0 radical (unpaired) electrons. The first-order valence-electron chi connectivity index (χ1n) is 8.91. The highest BCUT2D eigenvalue weighted by Crippen LogP contribution is 2.27. The quantitative estimate of drug-likeness (QED) is 0.728. The molecule has 0 bridgehead atoms. The Labute approximate surface area is 131 Å². The number of benzene rings is 1. The molecule has 1 N–H and O–H groups in total. The van der Waals surface area contributed by atoms with Crippen LogP contribution in [0.25, 0.3) is 0 Å². The molecule has 0 amide bonds. The Morgan fingerprint density at radius 3 is 2.14 bits per heavy atom. The van der Waals surface area contributed by atoms with Gasteiger partial charge in [-0.25, -0.2) is 0 Å². The molecule has 0 aromatic heterocycles. The molecule has 1 aromatic rings. The molecule has 1 aromatic carbocycles. The maximum atomic E-state index is 3.83. The van der Waals surface area contributed by atoms with Gasteiger partial charge in [-0.3, -0.25) is 0 Å². The molecule has 1 nitrogen and oxygen atoms in total. The van der Waals surface area contributed by atoms with Gasteiger partial charge in [0.1, 0.15) is 0 Å². The van der Waals surface area contributed by atoms with Crippen molar-refractivity contribution in [2.24, 2.45) is 11.8 Å². The highest BCUT2D eigenvalue weighted by Gasteiger charge is 2.21. The van der Waals surface area contributed by atoms with E-state index < -0.39 is 0 Å². The third-order valence-corrected chi connectivity index (χ3v) is 4.99. The van der Waals surface area contributed by atoms with E-state index in [0.717, 1.165) is 11.8 Å². The highest BCUT2D eigenvalue weighted by atomic mass is 14.9. The van der Waals surface area contributed by atoms with E-state index in [0.29, 0.717) is 12.1 Å². The molecule has 2 atom stereocenters. The standard InChI is InChI=1S/C20H33N/c1-15(2)14-18-10-12-20(13-11-18)17(4)21-16(3)19-8-6-5-7-9-19/h10-13,15-17,19,21H,5-9,14H2,1-4H3/t16-,17?/m0/s1. The summed E-state index contributed by atoms with van der Waals surface area (Å²) in [5, 5.41) is 3.83. The third kappa shape index (κ3) is 5.14. The molecule has 0 aliphatic heterocycles. The molecule has 1 unspecified atom stereocenters. The van der Waals surface area contributed by atoms with Crippen LogP contribution in [0.1, 0.15) is 77.0 Å². The topological polar surface area (TPSA) is 12.0 Å². The zero-order valence-corrected chi connectivity index (χ0v) is 14.4. The molecule has 118 valence electrons. The zero-order chi connectivity index (χ0) is 15.2. The van der Waals surface area contributed by atoms with Gasteiger partial charge in [0.2, 0.25) is 0 Å². The predicted molar refractivity (Wildman–Crippen MR) is 92.6 cm³/mol. The lowest BCUT2D eigenvalue weighted by Crippen LogP contribution is -2.36. The van der Waals surface area contributed by atoms with Crippen LogP contribution < -0.4 is 5.32 Å². The van der Waals surface area contributed by atoms with Crippen LogP contribution in [-0.4, -0.2) is 6.04 Å². The minimum Gasteiger partial charge on any atom is -0.307 e. The van der Waals surface area contributed by atoms with E-state index in [1.165, 1.54) is 49.7 Å². The van der Waals surface area contributed by atoms with Gasteiger partial charge < -0.3 is 5.32 Å². The molecule has 0 saturated heterocycles. The summed E-state index contributed by atoms with van der Waals surface area (Å²) >= 11 is 0. The first kappa shape index (κ1) is 16.5. The first-order valence-corrected chi connectivity index (χ1v) is 8.91. The maximum Gasteiger partial charge on any atom is 0.0294 e. The Hall–Kier alpha value is -0.820. The molecule has 1 aliphatic rings. The van der Waals surface area contributed by atoms with Crippen LogP contribution in [0.2, 0.25) is 0 Å². The lowest BCUT2D eigenvalue weighted by Gasteiger charge is -2.31. The van der Waals surface area contributed by atoms with Gasteiger partial charge in [0.15, 0.2) is 0 Å². The molecule has 0 spiro atoms. The second-order valence-corrected chi connectivity index (χ2v) is 7.41. The summed E-state index contributed by atoms with van der Waals surface area (Å²) in [6.07, 6.45) is 8.29. The van der Waals surface area contributed by atoms with Gasteiger partial charge in [0, 0.05) is 12.1 Å². The summed E-state index contributed by atoms with van der Waals surface area (Å²) in [4.78, 5) is 0. The van der Waals surface area contributed by atoms with Crippen LogP contribution in [0.4, 0.5) is 0 Å². The summed E-state index contributed by atoms with van der Waals surface area (Å²) < 4.78 is 0. The summed E-state index contributed by atoms with van der Waals surface area (Å²) in [6, 6.07) is 10.3. The number of hydrogen-bond acceptors (Lipinski definition) is 1. The number of rotatable bonds is 6. The van der Waals surface area contributed by atoms with Crippen molar-refractivity contribution in [2.45, 2.75) is 78.3 Å². The van der Waals surface area contributed by atoms with Crippen molar-refractivity contribution in [1.82, 2.24) is 5.32 Å². The first-order chi connectivity index (χ1) is 10.1. The molecule has 1 saturated carbocycles. The van der Waals surface area contributed by atoms with Gasteiger partial charge in [0.25, 0.3) is 0 Å². The smallest absolute Gasteiger partial charge is 0.0294 e. The van der Waals surface area contributed by atoms with E-state index in [1.807, 2.05) is 0 Å². The Bertz CT molecular complexity index is 400.